The Hall–Kier alpha value is -2.93. The fraction of sp³-hybridized carbons (Fsp3) is 0.333. The van der Waals surface area contributed by atoms with Gasteiger partial charge in [-0.2, -0.15) is 0 Å². The van der Waals surface area contributed by atoms with Crippen LogP contribution in [0.25, 0.3) is 0 Å². The molecule has 3 aromatic rings. The van der Waals surface area contributed by atoms with Crippen LogP contribution in [0.2, 0.25) is 0 Å². The lowest BCUT2D eigenvalue weighted by molar-refractivity contribution is -0.134. The standard InChI is InChI=1S/C24H25FN2O3S/c1-16(2)14-26(24(29)20-4-3-12-30-20)15-22(28)27-11-9-21-19(10-13-31-21)23(27)17-5-7-18(25)8-6-17/h3-8,10,12-13,16,23H,9,11,14-15H2,1-2H3. The van der Waals surface area contributed by atoms with Gasteiger partial charge in [-0.25, -0.2) is 4.39 Å². The van der Waals surface area contributed by atoms with Gasteiger partial charge in [0.25, 0.3) is 5.91 Å². The molecule has 1 atom stereocenters. The zero-order chi connectivity index (χ0) is 22.0. The number of amides is 2. The number of fused-ring (bicyclic) bond motifs is 1. The Balaban J connectivity index is 1.62. The predicted molar refractivity (Wildman–Crippen MR) is 117 cm³/mol. The number of nitrogens with zero attached hydrogens (tertiary/aromatic N) is 2. The van der Waals surface area contributed by atoms with E-state index < -0.39 is 0 Å². The third-order valence-corrected chi connectivity index (χ3v) is 6.40. The molecular weight excluding hydrogens is 415 g/mol. The maximum Gasteiger partial charge on any atom is 0.290 e. The maximum absolute atomic E-state index is 13.5. The Kier molecular flexibility index (Phi) is 6.23. The van der Waals surface area contributed by atoms with E-state index in [2.05, 4.69) is 0 Å². The van der Waals surface area contributed by atoms with Crippen molar-refractivity contribution in [3.05, 3.63) is 81.7 Å². The topological polar surface area (TPSA) is 53.8 Å². The molecule has 0 spiro atoms. The lowest BCUT2D eigenvalue weighted by Gasteiger charge is -2.37. The molecule has 0 saturated heterocycles. The molecule has 1 aliphatic rings. The van der Waals surface area contributed by atoms with Gasteiger partial charge in [0.1, 0.15) is 12.4 Å². The highest BCUT2D eigenvalue weighted by molar-refractivity contribution is 7.10. The van der Waals surface area contributed by atoms with E-state index in [0.29, 0.717) is 13.1 Å². The number of carbonyl (C=O) groups is 2. The highest BCUT2D eigenvalue weighted by atomic mass is 32.1. The van der Waals surface area contributed by atoms with Gasteiger partial charge in [0.15, 0.2) is 5.76 Å². The SMILES string of the molecule is CC(C)CN(CC(=O)N1CCc2sccc2C1c1ccc(F)cc1)C(=O)c1ccco1. The summed E-state index contributed by atoms with van der Waals surface area (Å²) in [5, 5.41) is 2.03. The van der Waals surface area contributed by atoms with Crippen LogP contribution in [0.3, 0.4) is 0 Å². The molecular formula is C24H25FN2O3S. The molecule has 4 rings (SSSR count). The number of hydrogen-bond acceptors (Lipinski definition) is 4. The van der Waals surface area contributed by atoms with E-state index in [0.717, 1.165) is 17.5 Å². The van der Waals surface area contributed by atoms with E-state index in [1.54, 1.807) is 40.5 Å². The monoisotopic (exact) mass is 440 g/mol. The van der Waals surface area contributed by atoms with Crippen molar-refractivity contribution in [2.75, 3.05) is 19.6 Å². The summed E-state index contributed by atoms with van der Waals surface area (Å²) in [5.74, 6) is -0.313. The molecule has 0 radical (unpaired) electrons. The lowest BCUT2D eigenvalue weighted by Crippen LogP contribution is -2.47. The average Bonchev–Trinajstić information content (AvgIpc) is 3.44. The van der Waals surface area contributed by atoms with Crippen LogP contribution >= 0.6 is 11.3 Å². The summed E-state index contributed by atoms with van der Waals surface area (Å²) in [5.41, 5.74) is 1.94. The maximum atomic E-state index is 13.5. The highest BCUT2D eigenvalue weighted by Gasteiger charge is 2.34. The van der Waals surface area contributed by atoms with Crippen molar-refractivity contribution in [3.8, 4) is 0 Å². The van der Waals surface area contributed by atoms with Crippen LogP contribution in [0.1, 0.15) is 46.4 Å². The summed E-state index contributed by atoms with van der Waals surface area (Å²) in [7, 11) is 0. The Bertz CT molecular complexity index is 1040. The van der Waals surface area contributed by atoms with Gasteiger partial charge >= 0.3 is 0 Å². The van der Waals surface area contributed by atoms with E-state index >= 15 is 0 Å². The van der Waals surface area contributed by atoms with Gasteiger partial charge in [0, 0.05) is 18.0 Å². The molecule has 162 valence electrons. The molecule has 0 bridgehead atoms. The van der Waals surface area contributed by atoms with Crippen molar-refractivity contribution in [2.45, 2.75) is 26.3 Å². The minimum absolute atomic E-state index is 0.0329. The summed E-state index contributed by atoms with van der Waals surface area (Å²) >= 11 is 1.68. The molecule has 5 nitrogen and oxygen atoms in total. The van der Waals surface area contributed by atoms with Crippen LogP contribution < -0.4 is 0 Å². The van der Waals surface area contributed by atoms with Crippen molar-refractivity contribution in [2.24, 2.45) is 5.92 Å². The van der Waals surface area contributed by atoms with E-state index in [-0.39, 0.29) is 41.9 Å². The highest BCUT2D eigenvalue weighted by Crippen LogP contribution is 2.38. The number of hydrogen-bond donors (Lipinski definition) is 0. The minimum atomic E-state index is -0.310. The molecule has 1 aliphatic heterocycles. The molecule has 0 N–H and O–H groups in total. The van der Waals surface area contributed by atoms with Gasteiger partial charge in [-0.3, -0.25) is 9.59 Å². The Morgan fingerprint density at radius 2 is 2.00 bits per heavy atom. The van der Waals surface area contributed by atoms with Crippen molar-refractivity contribution in [1.29, 1.82) is 0 Å². The number of rotatable bonds is 6. The summed E-state index contributed by atoms with van der Waals surface area (Å²) in [6.45, 7) is 4.98. The predicted octanol–water partition coefficient (Wildman–Crippen LogP) is 4.75. The number of benzene rings is 1. The average molecular weight is 441 g/mol. The summed E-state index contributed by atoms with van der Waals surface area (Å²) in [6, 6.07) is 11.3. The second kappa shape index (κ2) is 9.06. The van der Waals surface area contributed by atoms with Crippen molar-refractivity contribution in [1.82, 2.24) is 9.80 Å². The van der Waals surface area contributed by atoms with Gasteiger partial charge in [-0.1, -0.05) is 26.0 Å². The van der Waals surface area contributed by atoms with Crippen LogP contribution in [0.4, 0.5) is 4.39 Å². The van der Waals surface area contributed by atoms with Crippen molar-refractivity contribution < 1.29 is 18.4 Å². The van der Waals surface area contributed by atoms with Crippen molar-refractivity contribution in [3.63, 3.8) is 0 Å². The van der Waals surface area contributed by atoms with Gasteiger partial charge in [0.2, 0.25) is 5.91 Å². The molecule has 31 heavy (non-hydrogen) atoms. The van der Waals surface area contributed by atoms with Crippen LogP contribution in [-0.2, 0) is 11.2 Å². The second-order valence-corrected chi connectivity index (χ2v) is 9.15. The van der Waals surface area contributed by atoms with Gasteiger partial charge in [0.05, 0.1) is 12.3 Å². The number of carbonyl (C=O) groups excluding carboxylic acids is 2. The van der Waals surface area contributed by atoms with Gasteiger partial charge < -0.3 is 14.2 Å². The first kappa shape index (κ1) is 21.3. The third-order valence-electron chi connectivity index (χ3n) is 5.40. The second-order valence-electron chi connectivity index (χ2n) is 8.15. The zero-order valence-corrected chi connectivity index (χ0v) is 18.4. The largest absolute Gasteiger partial charge is 0.459 e. The van der Waals surface area contributed by atoms with E-state index in [9.17, 15) is 14.0 Å². The minimum Gasteiger partial charge on any atom is -0.459 e. The molecule has 3 heterocycles. The first-order valence-electron chi connectivity index (χ1n) is 10.4. The van der Waals surface area contributed by atoms with Gasteiger partial charge in [-0.15, -0.1) is 11.3 Å². The Morgan fingerprint density at radius 1 is 1.23 bits per heavy atom. The Labute approximate surface area is 185 Å². The summed E-state index contributed by atoms with van der Waals surface area (Å²) < 4.78 is 18.8. The zero-order valence-electron chi connectivity index (χ0n) is 17.6. The molecule has 2 amide bonds. The molecule has 1 unspecified atom stereocenters. The van der Waals surface area contributed by atoms with Crippen LogP contribution in [0, 0.1) is 11.7 Å². The number of halogens is 1. The third kappa shape index (κ3) is 4.56. The van der Waals surface area contributed by atoms with Crippen LogP contribution in [0.15, 0.2) is 58.5 Å². The fourth-order valence-electron chi connectivity index (χ4n) is 4.06. The van der Waals surface area contributed by atoms with E-state index in [1.807, 2.05) is 30.2 Å². The van der Waals surface area contributed by atoms with Crippen LogP contribution in [0.5, 0.6) is 0 Å². The summed E-state index contributed by atoms with van der Waals surface area (Å²) in [4.78, 5) is 31.0. The first-order valence-corrected chi connectivity index (χ1v) is 11.3. The summed E-state index contributed by atoms with van der Waals surface area (Å²) in [6.07, 6.45) is 2.22. The molecule has 0 fully saturated rings. The molecule has 0 saturated carbocycles. The Morgan fingerprint density at radius 3 is 2.68 bits per heavy atom. The lowest BCUT2D eigenvalue weighted by atomic mass is 9.93. The van der Waals surface area contributed by atoms with E-state index in [1.165, 1.54) is 23.3 Å². The smallest absolute Gasteiger partial charge is 0.290 e. The normalized spacial score (nSPS) is 15.7. The van der Waals surface area contributed by atoms with E-state index in [4.69, 9.17) is 4.42 Å². The molecule has 0 aliphatic carbocycles. The number of thiophene rings is 1. The molecule has 2 aromatic heterocycles. The number of furan rings is 1. The first-order chi connectivity index (χ1) is 14.9. The molecule has 7 heteroatoms. The quantitative estimate of drug-likeness (QED) is 0.556. The van der Waals surface area contributed by atoms with Crippen molar-refractivity contribution >= 4 is 23.2 Å². The molecule has 1 aromatic carbocycles. The fourth-order valence-corrected chi connectivity index (χ4v) is 4.96. The van der Waals surface area contributed by atoms with Crippen LogP contribution in [-0.4, -0.2) is 41.2 Å². The van der Waals surface area contributed by atoms with Gasteiger partial charge in [-0.05, 0) is 59.2 Å².